The molecule has 0 aromatic heterocycles. The van der Waals surface area contributed by atoms with Gasteiger partial charge in [-0.1, -0.05) is 0 Å². The van der Waals surface area contributed by atoms with Crippen molar-refractivity contribution >= 4 is 10.0 Å². The van der Waals surface area contributed by atoms with Gasteiger partial charge in [0.2, 0.25) is 10.0 Å². The number of likely N-dealkylation sites (N-methyl/N-ethyl adjacent to an activating group) is 1. The number of nitrogens with zero attached hydrogens (tertiary/aromatic N) is 2. The lowest BCUT2D eigenvalue weighted by Crippen LogP contribution is -2.34. The molecule has 7 heteroatoms. The highest BCUT2D eigenvalue weighted by atomic mass is 32.2. The molecule has 0 radical (unpaired) electrons. The molecule has 118 valence electrons. The molecule has 21 heavy (non-hydrogen) atoms. The Morgan fingerprint density at radius 3 is 2.62 bits per heavy atom. The summed E-state index contributed by atoms with van der Waals surface area (Å²) in [6.07, 6.45) is 0.782. The van der Waals surface area contributed by atoms with Gasteiger partial charge < -0.3 is 10.6 Å². The van der Waals surface area contributed by atoms with Crippen LogP contribution < -0.4 is 5.73 Å². The average molecular weight is 315 g/mol. The second-order valence-electron chi connectivity index (χ2n) is 5.67. The zero-order valence-corrected chi connectivity index (χ0v) is 13.5. The maximum atomic E-state index is 13.9. The van der Waals surface area contributed by atoms with Crippen molar-refractivity contribution in [2.45, 2.75) is 30.8 Å². The second kappa shape index (κ2) is 6.00. The quantitative estimate of drug-likeness (QED) is 0.897. The molecule has 1 aromatic rings. The molecule has 0 bridgehead atoms. The Morgan fingerprint density at radius 1 is 1.43 bits per heavy atom. The largest absolute Gasteiger partial charge is 0.326 e. The van der Waals surface area contributed by atoms with E-state index in [0.29, 0.717) is 18.7 Å². The van der Waals surface area contributed by atoms with Crippen molar-refractivity contribution in [3.8, 4) is 0 Å². The van der Waals surface area contributed by atoms with Crippen molar-refractivity contribution in [2.24, 2.45) is 5.73 Å². The van der Waals surface area contributed by atoms with Gasteiger partial charge in [-0.15, -0.1) is 0 Å². The van der Waals surface area contributed by atoms with Gasteiger partial charge in [-0.05, 0) is 45.1 Å². The van der Waals surface area contributed by atoms with Crippen molar-refractivity contribution in [3.05, 3.63) is 29.1 Å². The highest BCUT2D eigenvalue weighted by molar-refractivity contribution is 7.89. The van der Waals surface area contributed by atoms with Crippen LogP contribution in [0.3, 0.4) is 0 Å². The molecule has 5 nitrogen and oxygen atoms in total. The summed E-state index contributed by atoms with van der Waals surface area (Å²) in [5.74, 6) is -0.528. The summed E-state index contributed by atoms with van der Waals surface area (Å²) in [7, 11) is 0.183. The highest BCUT2D eigenvalue weighted by Crippen LogP contribution is 2.27. The first-order valence-corrected chi connectivity index (χ1v) is 8.37. The normalized spacial score (nSPS) is 20.4. The van der Waals surface area contributed by atoms with Crippen LogP contribution in [0.25, 0.3) is 0 Å². The lowest BCUT2D eigenvalue weighted by Gasteiger charge is -2.21. The first-order valence-electron chi connectivity index (χ1n) is 6.93. The Hall–Kier alpha value is -1.02. The molecule has 1 aliphatic rings. The first-order chi connectivity index (χ1) is 9.77. The molecular weight excluding hydrogens is 293 g/mol. The third-order valence-corrected chi connectivity index (χ3v) is 6.06. The van der Waals surface area contributed by atoms with Gasteiger partial charge >= 0.3 is 0 Å². The van der Waals surface area contributed by atoms with Gasteiger partial charge in [0, 0.05) is 31.2 Å². The summed E-state index contributed by atoms with van der Waals surface area (Å²) < 4.78 is 40.8. The van der Waals surface area contributed by atoms with Crippen molar-refractivity contribution < 1.29 is 12.8 Å². The summed E-state index contributed by atoms with van der Waals surface area (Å²) in [5, 5.41) is 0. The number of sulfonamides is 1. The van der Waals surface area contributed by atoms with E-state index >= 15 is 0 Å². The van der Waals surface area contributed by atoms with E-state index in [1.165, 1.54) is 23.4 Å². The molecule has 0 aliphatic carbocycles. The molecular formula is C14H22FN3O2S. The van der Waals surface area contributed by atoms with Crippen molar-refractivity contribution in [1.29, 1.82) is 0 Å². The van der Waals surface area contributed by atoms with Crippen LogP contribution in [0.2, 0.25) is 0 Å². The van der Waals surface area contributed by atoms with E-state index in [-0.39, 0.29) is 23.0 Å². The van der Waals surface area contributed by atoms with Crippen LogP contribution in [0, 0.1) is 12.7 Å². The van der Waals surface area contributed by atoms with Crippen molar-refractivity contribution in [3.63, 3.8) is 0 Å². The molecule has 2 N–H and O–H groups in total. The number of hydrogen-bond donors (Lipinski definition) is 1. The molecule has 1 atom stereocenters. The maximum Gasteiger partial charge on any atom is 0.243 e. The minimum Gasteiger partial charge on any atom is -0.326 e. The number of nitrogens with two attached hydrogens (primary N) is 1. The van der Waals surface area contributed by atoms with Gasteiger partial charge in [0.1, 0.15) is 5.82 Å². The number of rotatable bonds is 4. The minimum absolute atomic E-state index is 0.0300. The van der Waals surface area contributed by atoms with E-state index in [1.54, 1.807) is 0 Å². The van der Waals surface area contributed by atoms with Crippen LogP contribution in [-0.4, -0.2) is 50.8 Å². The average Bonchev–Trinajstić information content (AvgIpc) is 2.92. The fourth-order valence-electron chi connectivity index (χ4n) is 2.58. The number of benzene rings is 1. The van der Waals surface area contributed by atoms with Crippen molar-refractivity contribution in [1.82, 2.24) is 9.21 Å². The summed E-state index contributed by atoms with van der Waals surface area (Å²) >= 11 is 0. The van der Waals surface area contributed by atoms with Crippen molar-refractivity contribution in [2.75, 3.05) is 27.2 Å². The SMILES string of the molecule is Cc1c(F)cc(CN)cc1S(=O)(=O)N1CCC(N(C)C)C1. The zero-order valence-electron chi connectivity index (χ0n) is 12.6. The molecule has 1 aliphatic heterocycles. The molecule has 1 unspecified atom stereocenters. The molecule has 2 rings (SSSR count). The zero-order chi connectivity index (χ0) is 15.8. The fraction of sp³-hybridized carbons (Fsp3) is 0.571. The molecule has 1 heterocycles. The van der Waals surface area contributed by atoms with E-state index in [0.717, 1.165) is 6.42 Å². The molecule has 1 saturated heterocycles. The van der Waals surface area contributed by atoms with Crippen LogP contribution >= 0.6 is 0 Å². The third kappa shape index (κ3) is 3.11. The first kappa shape index (κ1) is 16.4. The van der Waals surface area contributed by atoms with Gasteiger partial charge in [-0.2, -0.15) is 4.31 Å². The Morgan fingerprint density at radius 2 is 2.10 bits per heavy atom. The predicted molar refractivity (Wildman–Crippen MR) is 79.9 cm³/mol. The molecule has 0 spiro atoms. The monoisotopic (exact) mass is 315 g/mol. The maximum absolute atomic E-state index is 13.9. The Kier molecular flexibility index (Phi) is 4.67. The molecule has 0 saturated carbocycles. The standard InChI is InChI=1S/C14H22FN3O2S/c1-10-13(15)6-11(8-16)7-14(10)21(19,20)18-5-4-12(9-18)17(2)3/h6-7,12H,4-5,8-9,16H2,1-3H3. The van der Waals surface area contributed by atoms with E-state index in [4.69, 9.17) is 5.73 Å². The van der Waals surface area contributed by atoms with Gasteiger partial charge in [-0.3, -0.25) is 0 Å². The van der Waals surface area contributed by atoms with E-state index < -0.39 is 15.8 Å². The summed E-state index contributed by atoms with van der Waals surface area (Å²) in [6, 6.07) is 2.97. The van der Waals surface area contributed by atoms with Gasteiger partial charge in [0.25, 0.3) is 0 Å². The van der Waals surface area contributed by atoms with Crippen LogP contribution in [0.15, 0.2) is 17.0 Å². The lowest BCUT2D eigenvalue weighted by atomic mass is 10.1. The minimum atomic E-state index is -3.68. The van der Waals surface area contributed by atoms with E-state index in [9.17, 15) is 12.8 Å². The summed E-state index contributed by atoms with van der Waals surface area (Å²) in [6.45, 7) is 2.49. The fourth-order valence-corrected chi connectivity index (χ4v) is 4.36. The Balaban J connectivity index is 2.39. The topological polar surface area (TPSA) is 66.6 Å². The predicted octanol–water partition coefficient (Wildman–Crippen LogP) is 0.917. The van der Waals surface area contributed by atoms with E-state index in [1.807, 2.05) is 19.0 Å². The van der Waals surface area contributed by atoms with Crippen LogP contribution in [0.1, 0.15) is 17.5 Å². The van der Waals surface area contributed by atoms with Crippen LogP contribution in [0.5, 0.6) is 0 Å². The number of hydrogen-bond acceptors (Lipinski definition) is 4. The Labute approximate surface area is 125 Å². The van der Waals surface area contributed by atoms with Crippen LogP contribution in [0.4, 0.5) is 4.39 Å². The molecule has 1 fully saturated rings. The number of halogens is 1. The van der Waals surface area contributed by atoms with E-state index in [2.05, 4.69) is 0 Å². The molecule has 0 amide bonds. The lowest BCUT2D eigenvalue weighted by molar-refractivity contribution is 0.302. The highest BCUT2D eigenvalue weighted by Gasteiger charge is 2.34. The third-order valence-electron chi connectivity index (χ3n) is 4.07. The van der Waals surface area contributed by atoms with Crippen LogP contribution in [-0.2, 0) is 16.6 Å². The Bertz CT molecular complexity index is 631. The summed E-state index contributed by atoms with van der Waals surface area (Å²) in [4.78, 5) is 2.04. The van der Waals surface area contributed by atoms with Gasteiger partial charge in [0.05, 0.1) is 4.90 Å². The van der Waals surface area contributed by atoms with Gasteiger partial charge in [-0.25, -0.2) is 12.8 Å². The smallest absolute Gasteiger partial charge is 0.243 e. The molecule has 1 aromatic carbocycles. The van der Waals surface area contributed by atoms with Gasteiger partial charge in [0.15, 0.2) is 0 Å². The summed E-state index contributed by atoms with van der Waals surface area (Å²) in [5.41, 5.74) is 6.15. The second-order valence-corrected chi connectivity index (χ2v) is 7.58.